The van der Waals surface area contributed by atoms with Crippen molar-refractivity contribution in [2.24, 2.45) is 0 Å². The van der Waals surface area contributed by atoms with Crippen LogP contribution in [0, 0.1) is 0 Å². The van der Waals surface area contributed by atoms with Crippen LogP contribution in [0.5, 0.6) is 0 Å². The van der Waals surface area contributed by atoms with Crippen LogP contribution in [0.3, 0.4) is 0 Å². The molecule has 0 unspecified atom stereocenters. The summed E-state index contributed by atoms with van der Waals surface area (Å²) in [7, 11) is 0. The van der Waals surface area contributed by atoms with Crippen molar-refractivity contribution in [3.05, 3.63) is 30.1 Å². The molecule has 1 aliphatic heterocycles. The monoisotopic (exact) mass is 247 g/mol. The predicted octanol–water partition coefficient (Wildman–Crippen LogP) is -0.924. The number of carbonyl (C=O) groups excluding carboxylic acids is 1. The van der Waals surface area contributed by atoms with E-state index in [1.807, 2.05) is 0 Å². The van der Waals surface area contributed by atoms with Crippen LogP contribution in [0.15, 0.2) is 18.7 Å². The Balaban J connectivity index is 1.59. The maximum Gasteiger partial charge on any atom is 0.273 e. The first-order valence-corrected chi connectivity index (χ1v) is 5.71. The highest BCUT2D eigenvalue weighted by Crippen LogP contribution is 2.09. The Hall–Kier alpha value is -2.22. The van der Waals surface area contributed by atoms with Crippen LogP contribution in [0.25, 0.3) is 0 Å². The van der Waals surface area contributed by atoms with Crippen LogP contribution < -0.4 is 10.6 Å². The minimum Gasteiger partial charge on any atom is -0.347 e. The maximum atomic E-state index is 11.8. The van der Waals surface area contributed by atoms with E-state index in [2.05, 4.69) is 30.9 Å². The van der Waals surface area contributed by atoms with Crippen LogP contribution in [-0.4, -0.2) is 44.0 Å². The lowest BCUT2D eigenvalue weighted by Gasteiger charge is -2.26. The number of hydrogen-bond donors (Lipinski definition) is 3. The van der Waals surface area contributed by atoms with Crippen LogP contribution in [0.4, 0.5) is 0 Å². The van der Waals surface area contributed by atoms with E-state index in [0.29, 0.717) is 18.3 Å². The Morgan fingerprint density at radius 1 is 1.56 bits per heavy atom. The molecule has 18 heavy (non-hydrogen) atoms. The standard InChI is InChI=1S/C10H13N7O/c18-10(13-2-7-1-12-6-14-7)9-5-17(16-15-9)8-3-11-4-8/h1,5-6,8,11H,2-4H2,(H,12,14)(H,13,18). The molecule has 8 heteroatoms. The van der Waals surface area contributed by atoms with Gasteiger partial charge in [-0.25, -0.2) is 9.67 Å². The fraction of sp³-hybridized carbons (Fsp3) is 0.400. The van der Waals surface area contributed by atoms with Crippen LogP contribution in [0.2, 0.25) is 0 Å². The van der Waals surface area contributed by atoms with Crippen molar-refractivity contribution in [3.8, 4) is 0 Å². The average molecular weight is 247 g/mol. The van der Waals surface area contributed by atoms with Gasteiger partial charge >= 0.3 is 0 Å². The quantitative estimate of drug-likeness (QED) is 0.648. The molecule has 0 radical (unpaired) electrons. The van der Waals surface area contributed by atoms with Gasteiger partial charge in [0.25, 0.3) is 5.91 Å². The fourth-order valence-corrected chi connectivity index (χ4v) is 1.67. The largest absolute Gasteiger partial charge is 0.347 e. The molecule has 0 spiro atoms. The maximum absolute atomic E-state index is 11.8. The zero-order chi connectivity index (χ0) is 12.4. The molecule has 3 N–H and O–H groups in total. The van der Waals surface area contributed by atoms with Crippen molar-refractivity contribution < 1.29 is 4.79 Å². The van der Waals surface area contributed by atoms with Gasteiger partial charge in [0, 0.05) is 19.3 Å². The van der Waals surface area contributed by atoms with Crippen LogP contribution in [0.1, 0.15) is 22.2 Å². The van der Waals surface area contributed by atoms with Crippen molar-refractivity contribution in [3.63, 3.8) is 0 Å². The van der Waals surface area contributed by atoms with Gasteiger partial charge in [0.2, 0.25) is 0 Å². The molecule has 0 saturated carbocycles. The Bertz CT molecular complexity index is 528. The van der Waals surface area contributed by atoms with Crippen molar-refractivity contribution >= 4 is 5.91 Å². The third-order valence-electron chi connectivity index (χ3n) is 2.87. The Morgan fingerprint density at radius 2 is 2.44 bits per heavy atom. The first kappa shape index (κ1) is 10.9. The van der Waals surface area contributed by atoms with E-state index in [1.165, 1.54) is 0 Å². The van der Waals surface area contributed by atoms with Crippen LogP contribution >= 0.6 is 0 Å². The minimum atomic E-state index is -0.233. The second kappa shape index (κ2) is 4.57. The second-order valence-electron chi connectivity index (χ2n) is 4.16. The zero-order valence-electron chi connectivity index (χ0n) is 9.63. The average Bonchev–Trinajstić information content (AvgIpc) is 2.94. The van der Waals surface area contributed by atoms with Gasteiger partial charge in [0.1, 0.15) is 0 Å². The molecular weight excluding hydrogens is 234 g/mol. The van der Waals surface area contributed by atoms with Crippen molar-refractivity contribution in [2.75, 3.05) is 13.1 Å². The summed E-state index contributed by atoms with van der Waals surface area (Å²) >= 11 is 0. The normalized spacial score (nSPS) is 15.3. The Morgan fingerprint density at radius 3 is 3.11 bits per heavy atom. The Labute approximate surface area is 103 Å². The molecule has 2 aromatic rings. The molecule has 3 rings (SSSR count). The number of hydrogen-bond acceptors (Lipinski definition) is 5. The predicted molar refractivity (Wildman–Crippen MR) is 61.7 cm³/mol. The molecule has 1 saturated heterocycles. The number of nitrogens with zero attached hydrogens (tertiary/aromatic N) is 4. The summed E-state index contributed by atoms with van der Waals surface area (Å²) in [6.07, 6.45) is 4.91. The number of amides is 1. The van der Waals surface area contributed by atoms with E-state index < -0.39 is 0 Å². The molecule has 3 heterocycles. The molecule has 2 aromatic heterocycles. The number of H-pyrrole nitrogens is 1. The van der Waals surface area contributed by atoms with Gasteiger partial charge in [-0.3, -0.25) is 4.79 Å². The molecule has 1 aliphatic rings. The summed E-state index contributed by atoms with van der Waals surface area (Å²) in [6.45, 7) is 2.15. The zero-order valence-corrected chi connectivity index (χ0v) is 9.63. The van der Waals surface area contributed by atoms with Gasteiger partial charge in [-0.05, 0) is 0 Å². The number of rotatable bonds is 4. The van der Waals surface area contributed by atoms with E-state index in [-0.39, 0.29) is 5.91 Å². The molecule has 0 aliphatic carbocycles. The third-order valence-corrected chi connectivity index (χ3v) is 2.87. The lowest BCUT2D eigenvalue weighted by atomic mass is 10.2. The SMILES string of the molecule is O=C(NCc1cnc[nH]1)c1cn(C2CNC2)nn1. The van der Waals surface area contributed by atoms with Gasteiger partial charge in [0.05, 0.1) is 30.8 Å². The summed E-state index contributed by atoms with van der Waals surface area (Å²) in [5.74, 6) is -0.233. The summed E-state index contributed by atoms with van der Waals surface area (Å²) in [6, 6.07) is 0.312. The van der Waals surface area contributed by atoms with Crippen molar-refractivity contribution in [1.29, 1.82) is 0 Å². The number of carbonyl (C=O) groups is 1. The highest BCUT2D eigenvalue weighted by molar-refractivity contribution is 5.91. The molecular formula is C10H13N7O. The molecule has 94 valence electrons. The smallest absolute Gasteiger partial charge is 0.273 e. The second-order valence-corrected chi connectivity index (χ2v) is 4.16. The molecule has 0 atom stereocenters. The summed E-state index contributed by atoms with van der Waals surface area (Å²) in [5.41, 5.74) is 1.18. The topological polar surface area (TPSA) is 101 Å². The molecule has 1 amide bonds. The third kappa shape index (κ3) is 2.09. The van der Waals surface area contributed by atoms with E-state index >= 15 is 0 Å². The first-order valence-electron chi connectivity index (χ1n) is 5.71. The molecule has 0 aromatic carbocycles. The van der Waals surface area contributed by atoms with E-state index in [9.17, 15) is 4.79 Å². The van der Waals surface area contributed by atoms with Gasteiger partial charge in [-0.15, -0.1) is 5.10 Å². The Kier molecular flexibility index (Phi) is 2.77. The van der Waals surface area contributed by atoms with Gasteiger partial charge < -0.3 is 15.6 Å². The number of nitrogens with one attached hydrogen (secondary N) is 3. The lowest BCUT2D eigenvalue weighted by Crippen LogP contribution is -2.43. The first-order chi connectivity index (χ1) is 8.83. The van der Waals surface area contributed by atoms with Crippen molar-refractivity contribution in [2.45, 2.75) is 12.6 Å². The number of aromatic amines is 1. The van der Waals surface area contributed by atoms with E-state index in [1.54, 1.807) is 23.4 Å². The summed E-state index contributed by atoms with van der Waals surface area (Å²) < 4.78 is 1.72. The van der Waals surface area contributed by atoms with Gasteiger partial charge in [0.15, 0.2) is 5.69 Å². The number of aromatic nitrogens is 5. The molecule has 1 fully saturated rings. The highest BCUT2D eigenvalue weighted by Gasteiger charge is 2.21. The van der Waals surface area contributed by atoms with E-state index in [0.717, 1.165) is 18.8 Å². The summed E-state index contributed by atoms with van der Waals surface area (Å²) in [4.78, 5) is 18.6. The minimum absolute atomic E-state index is 0.233. The van der Waals surface area contributed by atoms with Gasteiger partial charge in [-0.1, -0.05) is 5.21 Å². The lowest BCUT2D eigenvalue weighted by molar-refractivity contribution is 0.0945. The van der Waals surface area contributed by atoms with Crippen LogP contribution in [-0.2, 0) is 6.54 Å². The number of imidazole rings is 1. The molecule has 0 bridgehead atoms. The fourth-order valence-electron chi connectivity index (χ4n) is 1.67. The highest BCUT2D eigenvalue weighted by atomic mass is 16.2. The van der Waals surface area contributed by atoms with E-state index in [4.69, 9.17) is 0 Å². The van der Waals surface area contributed by atoms with Gasteiger partial charge in [-0.2, -0.15) is 0 Å². The van der Waals surface area contributed by atoms with Crippen molar-refractivity contribution in [1.82, 2.24) is 35.6 Å². The summed E-state index contributed by atoms with van der Waals surface area (Å²) in [5, 5.41) is 13.7. The molecule has 8 nitrogen and oxygen atoms in total.